The number of nitrogens with zero attached hydrogens (tertiary/aromatic N) is 2. The van der Waals surface area contributed by atoms with E-state index in [-0.39, 0.29) is 28.0 Å². The number of rotatable bonds is 6. The average Bonchev–Trinajstić information content (AvgIpc) is 3.21. The van der Waals surface area contributed by atoms with Gasteiger partial charge in [0.05, 0.1) is 5.02 Å². The normalized spacial score (nSPS) is 20.5. The summed E-state index contributed by atoms with van der Waals surface area (Å²) in [5.74, 6) is -0.774. The molecule has 6 nitrogen and oxygen atoms in total. The summed E-state index contributed by atoms with van der Waals surface area (Å²) in [5, 5.41) is 1.82. The maximum atomic E-state index is 14.5. The summed E-state index contributed by atoms with van der Waals surface area (Å²) < 4.78 is 47.4. The molecule has 1 N–H and O–H groups in total. The Morgan fingerprint density at radius 3 is 2.81 bits per heavy atom. The van der Waals surface area contributed by atoms with Crippen molar-refractivity contribution in [2.75, 3.05) is 18.8 Å². The molecule has 2 aromatic rings. The molecule has 1 fully saturated rings. The summed E-state index contributed by atoms with van der Waals surface area (Å²) in [6.45, 7) is 0. The van der Waals surface area contributed by atoms with E-state index < -0.39 is 20.7 Å². The Morgan fingerprint density at radius 1 is 1.38 bits per heavy atom. The zero-order valence-electron chi connectivity index (χ0n) is 14.3. The van der Waals surface area contributed by atoms with Gasteiger partial charge in [-0.05, 0) is 39.4 Å². The van der Waals surface area contributed by atoms with Crippen molar-refractivity contribution in [2.24, 2.45) is 0 Å². The number of anilines is 1. The van der Waals surface area contributed by atoms with E-state index in [9.17, 15) is 12.8 Å². The van der Waals surface area contributed by atoms with Crippen molar-refractivity contribution < 1.29 is 17.5 Å². The molecule has 1 saturated carbocycles. The van der Waals surface area contributed by atoms with Crippen molar-refractivity contribution in [3.8, 4) is 5.75 Å². The molecule has 0 spiro atoms. The predicted molar refractivity (Wildman–Crippen MR) is 100 cm³/mol. The van der Waals surface area contributed by atoms with Gasteiger partial charge in [-0.25, -0.2) is 17.8 Å². The number of ether oxygens (including phenoxy) is 1. The first-order valence-electron chi connectivity index (χ1n) is 8.02. The van der Waals surface area contributed by atoms with Crippen LogP contribution >= 0.6 is 22.9 Å². The van der Waals surface area contributed by atoms with Crippen molar-refractivity contribution in [1.29, 1.82) is 0 Å². The summed E-state index contributed by atoms with van der Waals surface area (Å²) in [5.41, 5.74) is 0. The van der Waals surface area contributed by atoms with Gasteiger partial charge < -0.3 is 9.64 Å². The van der Waals surface area contributed by atoms with E-state index in [1.165, 1.54) is 6.20 Å². The molecule has 10 heteroatoms. The van der Waals surface area contributed by atoms with Gasteiger partial charge in [0.25, 0.3) is 10.0 Å². The number of aromatic nitrogens is 1. The van der Waals surface area contributed by atoms with Crippen molar-refractivity contribution in [3.05, 3.63) is 34.5 Å². The standard InChI is InChI=1S/C16H19ClFN3O3S2/c1-21(2)12-4-3-5-13(12)24-14-9-11(18)15(8-10(14)17)26(22,23)20-16-19-6-7-25-16/h6-9,12-13H,3-5H2,1-2H3,(H,19,20). The highest BCUT2D eigenvalue weighted by Crippen LogP contribution is 2.34. The third-order valence-electron chi connectivity index (χ3n) is 4.29. The molecule has 1 aliphatic carbocycles. The molecule has 0 radical (unpaired) electrons. The lowest BCUT2D eigenvalue weighted by atomic mass is 10.2. The van der Waals surface area contributed by atoms with E-state index in [2.05, 4.69) is 14.6 Å². The molecule has 1 aromatic carbocycles. The number of halogens is 2. The van der Waals surface area contributed by atoms with Gasteiger partial charge in [-0.15, -0.1) is 11.3 Å². The Bertz CT molecular complexity index is 875. The molecule has 1 aromatic heterocycles. The van der Waals surface area contributed by atoms with Crippen molar-refractivity contribution in [3.63, 3.8) is 0 Å². The maximum absolute atomic E-state index is 14.5. The van der Waals surface area contributed by atoms with Crippen LogP contribution in [0.3, 0.4) is 0 Å². The van der Waals surface area contributed by atoms with Gasteiger partial charge in [0.1, 0.15) is 22.6 Å². The lowest BCUT2D eigenvalue weighted by molar-refractivity contribution is 0.121. The Morgan fingerprint density at radius 2 is 2.15 bits per heavy atom. The molecule has 2 unspecified atom stereocenters. The Hall–Kier alpha value is -1.42. The summed E-state index contributed by atoms with van der Waals surface area (Å²) in [6.07, 6.45) is 4.18. The molecule has 1 aliphatic rings. The van der Waals surface area contributed by atoms with Gasteiger partial charge in [0.2, 0.25) is 0 Å². The summed E-state index contributed by atoms with van der Waals surface area (Å²) >= 11 is 7.28. The third kappa shape index (κ3) is 4.11. The van der Waals surface area contributed by atoms with E-state index in [1.807, 2.05) is 14.1 Å². The van der Waals surface area contributed by atoms with Crippen LogP contribution in [0.5, 0.6) is 5.75 Å². The van der Waals surface area contributed by atoms with Crippen LogP contribution in [0.25, 0.3) is 0 Å². The first kappa shape index (κ1) is 19.3. The fourth-order valence-corrected chi connectivity index (χ4v) is 5.20. The lowest BCUT2D eigenvalue weighted by Crippen LogP contribution is -2.38. The van der Waals surface area contributed by atoms with Crippen LogP contribution in [0.1, 0.15) is 19.3 Å². The fourth-order valence-electron chi connectivity index (χ4n) is 3.05. The second-order valence-corrected chi connectivity index (χ2v) is 9.23. The SMILES string of the molecule is CN(C)C1CCCC1Oc1cc(F)c(S(=O)(=O)Nc2nccs2)cc1Cl. The molecule has 3 rings (SSSR count). The second kappa shape index (κ2) is 7.67. The predicted octanol–water partition coefficient (Wildman–Crippen LogP) is 3.60. The Balaban J connectivity index is 1.84. The van der Waals surface area contributed by atoms with Crippen molar-refractivity contribution >= 4 is 38.1 Å². The quantitative estimate of drug-likeness (QED) is 0.774. The molecule has 142 valence electrons. The van der Waals surface area contributed by atoms with Crippen LogP contribution in [0.4, 0.5) is 9.52 Å². The van der Waals surface area contributed by atoms with E-state index in [0.717, 1.165) is 42.7 Å². The minimum Gasteiger partial charge on any atom is -0.487 e. The second-order valence-electron chi connectivity index (χ2n) is 6.27. The summed E-state index contributed by atoms with van der Waals surface area (Å²) in [6, 6.07) is 2.31. The zero-order valence-corrected chi connectivity index (χ0v) is 16.7. The molecule has 2 atom stereocenters. The topological polar surface area (TPSA) is 71.5 Å². The number of hydrogen-bond acceptors (Lipinski definition) is 6. The first-order valence-corrected chi connectivity index (χ1v) is 10.8. The molecule has 0 bridgehead atoms. The number of hydrogen-bond donors (Lipinski definition) is 1. The molecule has 0 saturated heterocycles. The molecular weight excluding hydrogens is 401 g/mol. The van der Waals surface area contributed by atoms with Crippen molar-refractivity contribution in [1.82, 2.24) is 9.88 Å². The van der Waals surface area contributed by atoms with Crippen LogP contribution in [0.15, 0.2) is 28.6 Å². The maximum Gasteiger partial charge on any atom is 0.266 e. The van der Waals surface area contributed by atoms with E-state index >= 15 is 0 Å². The van der Waals surface area contributed by atoms with Crippen molar-refractivity contribution in [2.45, 2.75) is 36.3 Å². The minimum atomic E-state index is -4.13. The Labute approximate surface area is 161 Å². The molecule has 0 aliphatic heterocycles. The van der Waals surface area contributed by atoms with Gasteiger partial charge in [0.15, 0.2) is 5.13 Å². The van der Waals surface area contributed by atoms with Crippen LogP contribution in [-0.2, 0) is 10.0 Å². The van der Waals surface area contributed by atoms with E-state index in [1.54, 1.807) is 5.38 Å². The highest BCUT2D eigenvalue weighted by atomic mass is 35.5. The molecule has 0 amide bonds. The zero-order chi connectivity index (χ0) is 18.9. The molecule has 1 heterocycles. The van der Waals surface area contributed by atoms with Crippen LogP contribution < -0.4 is 9.46 Å². The average molecular weight is 420 g/mol. The van der Waals surface area contributed by atoms with Gasteiger partial charge in [-0.1, -0.05) is 11.6 Å². The number of thiazole rings is 1. The largest absolute Gasteiger partial charge is 0.487 e. The number of sulfonamides is 1. The molecule has 26 heavy (non-hydrogen) atoms. The number of benzene rings is 1. The van der Waals surface area contributed by atoms with Gasteiger partial charge >= 0.3 is 0 Å². The summed E-state index contributed by atoms with van der Waals surface area (Å²) in [7, 11) is -0.196. The fraction of sp³-hybridized carbons (Fsp3) is 0.438. The summed E-state index contributed by atoms with van der Waals surface area (Å²) in [4.78, 5) is 5.36. The first-order chi connectivity index (χ1) is 12.3. The highest BCUT2D eigenvalue weighted by molar-refractivity contribution is 7.93. The lowest BCUT2D eigenvalue weighted by Gasteiger charge is -2.27. The van der Waals surface area contributed by atoms with Gasteiger partial charge in [0, 0.05) is 23.7 Å². The van der Waals surface area contributed by atoms with Gasteiger partial charge in [-0.3, -0.25) is 4.72 Å². The highest BCUT2D eigenvalue weighted by Gasteiger charge is 2.32. The smallest absolute Gasteiger partial charge is 0.266 e. The number of likely N-dealkylation sites (N-methyl/N-ethyl adjacent to an activating group) is 1. The Kier molecular flexibility index (Phi) is 5.71. The minimum absolute atomic E-state index is 0.0512. The van der Waals surface area contributed by atoms with E-state index in [0.29, 0.717) is 0 Å². The third-order valence-corrected chi connectivity index (χ3v) is 6.76. The van der Waals surface area contributed by atoms with Crippen LogP contribution in [0.2, 0.25) is 5.02 Å². The van der Waals surface area contributed by atoms with Crippen LogP contribution in [0, 0.1) is 5.82 Å². The van der Waals surface area contributed by atoms with Crippen LogP contribution in [-0.4, -0.2) is 44.5 Å². The van der Waals surface area contributed by atoms with Gasteiger partial charge in [-0.2, -0.15) is 0 Å². The molecular formula is C16H19ClFN3O3S2. The monoisotopic (exact) mass is 419 g/mol. The number of nitrogens with one attached hydrogen (secondary N) is 1. The van der Waals surface area contributed by atoms with E-state index in [4.69, 9.17) is 16.3 Å².